The van der Waals surface area contributed by atoms with Gasteiger partial charge in [-0.15, -0.1) is 6.58 Å². The third-order valence-corrected chi connectivity index (χ3v) is 5.95. The zero-order valence-electron chi connectivity index (χ0n) is 15.5. The molecule has 0 saturated heterocycles. The molecule has 0 saturated carbocycles. The summed E-state index contributed by atoms with van der Waals surface area (Å²) >= 11 is 12.2. The van der Waals surface area contributed by atoms with Gasteiger partial charge in [0.1, 0.15) is 10.6 Å². The van der Waals surface area contributed by atoms with Crippen molar-refractivity contribution >= 4 is 44.7 Å². The number of carbonyl (C=O) groups is 1. The van der Waals surface area contributed by atoms with E-state index in [1.807, 2.05) is 0 Å². The van der Waals surface area contributed by atoms with E-state index >= 15 is 0 Å². The smallest absolute Gasteiger partial charge is 0.295 e. The first-order valence-electron chi connectivity index (χ1n) is 8.67. The summed E-state index contributed by atoms with van der Waals surface area (Å²) in [6, 6.07) is 8.98. The minimum absolute atomic E-state index is 0.0504. The summed E-state index contributed by atoms with van der Waals surface area (Å²) in [6.45, 7) is 3.66. The zero-order chi connectivity index (χ0) is 22.1. The first-order chi connectivity index (χ1) is 14.1. The molecule has 0 aromatic heterocycles. The van der Waals surface area contributed by atoms with Crippen LogP contribution in [0, 0.1) is 0 Å². The van der Waals surface area contributed by atoms with E-state index in [1.54, 1.807) is 18.2 Å². The molecule has 2 N–H and O–H groups in total. The van der Waals surface area contributed by atoms with Crippen LogP contribution >= 0.6 is 23.2 Å². The Morgan fingerprint density at radius 3 is 2.47 bits per heavy atom. The van der Waals surface area contributed by atoms with E-state index in [2.05, 4.69) is 6.58 Å². The van der Waals surface area contributed by atoms with Gasteiger partial charge in [0.15, 0.2) is 5.78 Å². The topological polar surface area (TPSA) is 91.7 Å². The van der Waals surface area contributed by atoms with Crippen molar-refractivity contribution < 1.29 is 22.9 Å². The van der Waals surface area contributed by atoms with Gasteiger partial charge in [-0.1, -0.05) is 53.6 Å². The van der Waals surface area contributed by atoms with E-state index < -0.39 is 10.1 Å². The molecule has 2 aromatic carbocycles. The highest BCUT2D eigenvalue weighted by Crippen LogP contribution is 2.39. The fourth-order valence-electron chi connectivity index (χ4n) is 3.14. The second-order valence-electron chi connectivity index (χ2n) is 6.45. The second kappa shape index (κ2) is 8.62. The summed E-state index contributed by atoms with van der Waals surface area (Å²) in [5.74, 6) is -0.505. The highest BCUT2D eigenvalue weighted by atomic mass is 35.5. The molecular weight excluding hydrogens is 447 g/mol. The maximum atomic E-state index is 12.0. The van der Waals surface area contributed by atoms with Crippen molar-refractivity contribution in [2.45, 2.75) is 11.3 Å². The molecule has 0 amide bonds. The Labute approximate surface area is 184 Å². The minimum atomic E-state index is -4.57. The number of phenols is 1. The van der Waals surface area contributed by atoms with Gasteiger partial charge in [-0.05, 0) is 59.0 Å². The van der Waals surface area contributed by atoms with Gasteiger partial charge in [0.2, 0.25) is 0 Å². The van der Waals surface area contributed by atoms with Gasteiger partial charge in [-0.2, -0.15) is 8.42 Å². The van der Waals surface area contributed by atoms with Crippen LogP contribution in [-0.4, -0.2) is 23.9 Å². The van der Waals surface area contributed by atoms with Gasteiger partial charge in [-0.3, -0.25) is 9.35 Å². The van der Waals surface area contributed by atoms with Gasteiger partial charge in [-0.25, -0.2) is 0 Å². The number of hydrogen-bond acceptors (Lipinski definition) is 4. The molecule has 0 bridgehead atoms. The van der Waals surface area contributed by atoms with E-state index in [-0.39, 0.29) is 32.0 Å². The molecule has 0 radical (unpaired) electrons. The minimum Gasteiger partial charge on any atom is -0.506 e. The summed E-state index contributed by atoms with van der Waals surface area (Å²) < 4.78 is 33.8. The Balaban J connectivity index is 2.43. The number of benzene rings is 2. The van der Waals surface area contributed by atoms with Crippen LogP contribution in [0.15, 0.2) is 82.8 Å². The Morgan fingerprint density at radius 1 is 1.13 bits per heavy atom. The summed E-state index contributed by atoms with van der Waals surface area (Å²) in [5.41, 5.74) is 1.90. The number of allylic oxidation sites excluding steroid dienone is 6. The number of hydrogen-bond donors (Lipinski definition) is 2. The fourth-order valence-corrected chi connectivity index (χ4v) is 4.26. The van der Waals surface area contributed by atoms with Crippen LogP contribution in [0.4, 0.5) is 0 Å². The maximum absolute atomic E-state index is 12.0. The fraction of sp³-hybridized carbons (Fsp3) is 0.0455. The Kier molecular flexibility index (Phi) is 6.33. The van der Waals surface area contributed by atoms with Gasteiger partial charge in [0.25, 0.3) is 10.1 Å². The molecule has 0 atom stereocenters. The molecule has 0 fully saturated rings. The molecule has 154 valence electrons. The van der Waals surface area contributed by atoms with E-state index in [0.717, 1.165) is 0 Å². The molecule has 0 heterocycles. The van der Waals surface area contributed by atoms with Crippen LogP contribution < -0.4 is 0 Å². The number of rotatable bonds is 5. The second-order valence-corrected chi connectivity index (χ2v) is 8.65. The standard InChI is InChI=1S/C22H16Cl2O5S/c1-2-5-14-10-15(12-18(24)22(14)26)21(13-8-9-19(25)17(23)11-13)16-6-3-4-7-20(16)30(27,28)29/h2-4,6-12,26H,1,5H2,(H,27,28,29)/b21-13-. The average Bonchev–Trinajstić information content (AvgIpc) is 2.68. The maximum Gasteiger partial charge on any atom is 0.295 e. The Hall–Kier alpha value is -2.64. The van der Waals surface area contributed by atoms with E-state index in [0.29, 0.717) is 28.7 Å². The molecule has 0 aliphatic heterocycles. The monoisotopic (exact) mass is 462 g/mol. The molecule has 3 rings (SSSR count). The van der Waals surface area contributed by atoms with Crippen LogP contribution in [0.5, 0.6) is 5.75 Å². The normalized spacial score (nSPS) is 15.7. The molecule has 5 nitrogen and oxygen atoms in total. The highest BCUT2D eigenvalue weighted by molar-refractivity contribution is 7.86. The predicted octanol–water partition coefficient (Wildman–Crippen LogP) is 5.08. The summed E-state index contributed by atoms with van der Waals surface area (Å²) in [4.78, 5) is 11.5. The third-order valence-electron chi connectivity index (χ3n) is 4.45. The van der Waals surface area contributed by atoms with Crippen LogP contribution in [0.25, 0.3) is 5.57 Å². The molecule has 1 aliphatic rings. The highest BCUT2D eigenvalue weighted by Gasteiger charge is 2.23. The van der Waals surface area contributed by atoms with E-state index in [1.165, 1.54) is 42.5 Å². The van der Waals surface area contributed by atoms with Gasteiger partial charge in [0, 0.05) is 5.56 Å². The first kappa shape index (κ1) is 22.1. The number of aromatic hydroxyl groups is 1. The first-order valence-corrected chi connectivity index (χ1v) is 10.9. The average molecular weight is 463 g/mol. The number of carbonyl (C=O) groups excluding carboxylic acids is 1. The summed E-state index contributed by atoms with van der Waals surface area (Å²) in [5, 5.41) is 10.3. The van der Waals surface area contributed by atoms with Crippen molar-refractivity contribution in [3.05, 3.63) is 99.6 Å². The summed E-state index contributed by atoms with van der Waals surface area (Å²) in [7, 11) is -4.57. The number of phenolic OH excluding ortho intramolecular Hbond substituents is 1. The van der Waals surface area contributed by atoms with Crippen LogP contribution in [-0.2, 0) is 21.3 Å². The van der Waals surface area contributed by atoms with Crippen LogP contribution in [0.3, 0.4) is 0 Å². The van der Waals surface area contributed by atoms with Crippen molar-refractivity contribution in [1.29, 1.82) is 0 Å². The van der Waals surface area contributed by atoms with E-state index in [4.69, 9.17) is 23.2 Å². The van der Waals surface area contributed by atoms with Gasteiger partial charge < -0.3 is 5.11 Å². The molecule has 2 aromatic rings. The van der Waals surface area contributed by atoms with Crippen molar-refractivity contribution in [3.63, 3.8) is 0 Å². The lowest BCUT2D eigenvalue weighted by molar-refractivity contribution is -0.110. The van der Waals surface area contributed by atoms with E-state index in [9.17, 15) is 22.9 Å². The van der Waals surface area contributed by atoms with Crippen molar-refractivity contribution in [2.24, 2.45) is 0 Å². The molecule has 0 spiro atoms. The molecule has 1 aliphatic carbocycles. The lowest BCUT2D eigenvalue weighted by atomic mass is 9.89. The molecule has 0 unspecified atom stereocenters. The van der Waals surface area contributed by atoms with Crippen LogP contribution in [0.1, 0.15) is 16.7 Å². The Bertz CT molecular complexity index is 1250. The number of ketones is 1. The van der Waals surface area contributed by atoms with Crippen molar-refractivity contribution in [1.82, 2.24) is 0 Å². The van der Waals surface area contributed by atoms with Crippen molar-refractivity contribution in [2.75, 3.05) is 0 Å². The summed E-state index contributed by atoms with van der Waals surface area (Å²) in [6.07, 6.45) is 6.07. The van der Waals surface area contributed by atoms with Crippen molar-refractivity contribution in [3.8, 4) is 5.75 Å². The largest absolute Gasteiger partial charge is 0.506 e. The van der Waals surface area contributed by atoms with Crippen LogP contribution in [0.2, 0.25) is 5.02 Å². The third kappa shape index (κ3) is 4.42. The van der Waals surface area contributed by atoms with Gasteiger partial charge in [0.05, 0.1) is 10.1 Å². The van der Waals surface area contributed by atoms with Gasteiger partial charge >= 0.3 is 0 Å². The number of halogens is 2. The molecule has 30 heavy (non-hydrogen) atoms. The Morgan fingerprint density at radius 2 is 1.83 bits per heavy atom. The quantitative estimate of drug-likeness (QED) is 0.477. The molecule has 8 heteroatoms. The predicted molar refractivity (Wildman–Crippen MR) is 117 cm³/mol. The lowest BCUT2D eigenvalue weighted by Gasteiger charge is -2.18. The SMILES string of the molecule is C=CCc1cc(/C(=C2\C=CC(=O)C(Cl)=C2)c2ccccc2S(=O)(=O)O)cc(Cl)c1O. The lowest BCUT2D eigenvalue weighted by Crippen LogP contribution is -2.06. The zero-order valence-corrected chi connectivity index (χ0v) is 17.8. The molecular formula is C22H16Cl2O5S.